The Labute approximate surface area is 75.0 Å². The monoisotopic (exact) mass is 175 g/mol. The Morgan fingerprint density at radius 2 is 2.31 bits per heavy atom. The topological polar surface area (TPSA) is 82.7 Å². The SMILES string of the molecule is N#Cc1c(N)cc(C2CC2)[nH]c1=O. The van der Waals surface area contributed by atoms with Crippen molar-refractivity contribution in [2.24, 2.45) is 0 Å². The van der Waals surface area contributed by atoms with Gasteiger partial charge in [0.2, 0.25) is 0 Å². The highest BCUT2D eigenvalue weighted by atomic mass is 16.1. The first-order valence-corrected chi connectivity index (χ1v) is 4.15. The third-order valence-corrected chi connectivity index (χ3v) is 2.21. The van der Waals surface area contributed by atoms with Crippen LogP contribution in [0.3, 0.4) is 0 Å². The van der Waals surface area contributed by atoms with Crippen LogP contribution >= 0.6 is 0 Å². The van der Waals surface area contributed by atoms with Crippen LogP contribution in [0, 0.1) is 11.3 Å². The van der Waals surface area contributed by atoms with Gasteiger partial charge in [-0.25, -0.2) is 0 Å². The standard InChI is InChI=1S/C9H9N3O/c10-4-6-7(11)3-8(5-1-2-5)12-9(6)13/h3,5H,1-2H2,(H3,11,12,13). The molecular weight excluding hydrogens is 166 g/mol. The summed E-state index contributed by atoms with van der Waals surface area (Å²) in [7, 11) is 0. The zero-order valence-electron chi connectivity index (χ0n) is 7.00. The van der Waals surface area contributed by atoms with Crippen molar-refractivity contribution in [3.8, 4) is 6.07 Å². The Kier molecular flexibility index (Phi) is 1.59. The van der Waals surface area contributed by atoms with Crippen LogP contribution in [0.2, 0.25) is 0 Å². The fraction of sp³-hybridized carbons (Fsp3) is 0.333. The number of aromatic amines is 1. The predicted molar refractivity (Wildman–Crippen MR) is 48.2 cm³/mol. The zero-order valence-corrected chi connectivity index (χ0v) is 7.00. The van der Waals surface area contributed by atoms with Crippen LogP contribution in [0.15, 0.2) is 10.9 Å². The second kappa shape index (κ2) is 2.63. The van der Waals surface area contributed by atoms with Crippen molar-refractivity contribution >= 4 is 5.69 Å². The van der Waals surface area contributed by atoms with Crippen LogP contribution in [-0.4, -0.2) is 4.98 Å². The summed E-state index contributed by atoms with van der Waals surface area (Å²) in [6, 6.07) is 3.47. The first-order chi connectivity index (χ1) is 6.22. The minimum atomic E-state index is -0.371. The van der Waals surface area contributed by atoms with Crippen LogP contribution in [0.25, 0.3) is 0 Å². The van der Waals surface area contributed by atoms with Gasteiger partial charge in [0.15, 0.2) is 0 Å². The molecule has 4 heteroatoms. The number of hydrogen-bond acceptors (Lipinski definition) is 3. The van der Waals surface area contributed by atoms with E-state index in [1.165, 1.54) is 0 Å². The largest absolute Gasteiger partial charge is 0.397 e. The molecule has 1 aromatic rings. The number of nitriles is 1. The summed E-state index contributed by atoms with van der Waals surface area (Å²) in [5, 5.41) is 8.59. The molecule has 13 heavy (non-hydrogen) atoms. The van der Waals surface area contributed by atoms with Gasteiger partial charge in [-0.15, -0.1) is 0 Å². The maximum atomic E-state index is 11.3. The number of anilines is 1. The van der Waals surface area contributed by atoms with Gasteiger partial charge in [0.25, 0.3) is 5.56 Å². The van der Waals surface area contributed by atoms with Crippen molar-refractivity contribution in [2.75, 3.05) is 5.73 Å². The quantitative estimate of drug-likeness (QED) is 0.659. The van der Waals surface area contributed by atoms with E-state index in [4.69, 9.17) is 11.0 Å². The molecule has 3 N–H and O–H groups in total. The fourth-order valence-electron chi connectivity index (χ4n) is 1.33. The average Bonchev–Trinajstić information content (AvgIpc) is 2.85. The van der Waals surface area contributed by atoms with Crippen molar-refractivity contribution in [1.82, 2.24) is 4.98 Å². The Morgan fingerprint density at radius 1 is 1.62 bits per heavy atom. The molecule has 0 aromatic carbocycles. The Morgan fingerprint density at radius 3 is 2.77 bits per heavy atom. The summed E-state index contributed by atoms with van der Waals surface area (Å²) in [4.78, 5) is 13.9. The lowest BCUT2D eigenvalue weighted by atomic mass is 10.2. The second-order valence-electron chi connectivity index (χ2n) is 3.27. The lowest BCUT2D eigenvalue weighted by Gasteiger charge is -2.00. The van der Waals surface area contributed by atoms with Gasteiger partial charge in [0.1, 0.15) is 11.6 Å². The van der Waals surface area contributed by atoms with Crippen LogP contribution < -0.4 is 11.3 Å². The van der Waals surface area contributed by atoms with E-state index in [2.05, 4.69) is 4.98 Å². The lowest BCUT2D eigenvalue weighted by molar-refractivity contribution is 0.997. The second-order valence-corrected chi connectivity index (χ2v) is 3.27. The van der Waals surface area contributed by atoms with E-state index in [1.54, 1.807) is 12.1 Å². The third kappa shape index (κ3) is 1.29. The zero-order chi connectivity index (χ0) is 9.42. The van der Waals surface area contributed by atoms with Gasteiger partial charge < -0.3 is 10.7 Å². The molecule has 2 rings (SSSR count). The van der Waals surface area contributed by atoms with Crippen molar-refractivity contribution < 1.29 is 0 Å². The van der Waals surface area contributed by atoms with E-state index in [1.807, 2.05) is 0 Å². The normalized spacial score (nSPS) is 15.3. The smallest absolute Gasteiger partial charge is 0.268 e. The first kappa shape index (κ1) is 7.87. The molecule has 1 fully saturated rings. The molecule has 1 aliphatic carbocycles. The van der Waals surface area contributed by atoms with Gasteiger partial charge in [-0.05, 0) is 24.8 Å². The number of nitrogens with one attached hydrogen (secondary N) is 1. The van der Waals surface area contributed by atoms with Crippen molar-refractivity contribution in [3.05, 3.63) is 27.7 Å². The summed E-state index contributed by atoms with van der Waals surface area (Å²) in [6.07, 6.45) is 2.20. The number of pyridine rings is 1. The summed E-state index contributed by atoms with van der Waals surface area (Å²) in [5.74, 6) is 0.447. The van der Waals surface area contributed by atoms with E-state index in [9.17, 15) is 4.79 Å². The predicted octanol–water partition coefficient (Wildman–Crippen LogP) is 0.706. The van der Waals surface area contributed by atoms with E-state index >= 15 is 0 Å². The molecule has 0 atom stereocenters. The Bertz CT molecular complexity index is 437. The highest BCUT2D eigenvalue weighted by molar-refractivity contribution is 5.53. The maximum Gasteiger partial charge on any atom is 0.268 e. The number of hydrogen-bond donors (Lipinski definition) is 2. The molecule has 0 aliphatic heterocycles. The summed E-state index contributed by atoms with van der Waals surface area (Å²) in [5.41, 5.74) is 6.35. The summed E-state index contributed by atoms with van der Waals surface area (Å²) >= 11 is 0. The maximum absolute atomic E-state index is 11.3. The molecule has 0 saturated heterocycles. The van der Waals surface area contributed by atoms with Crippen LogP contribution in [0.5, 0.6) is 0 Å². The third-order valence-electron chi connectivity index (χ3n) is 2.21. The fourth-order valence-corrected chi connectivity index (χ4v) is 1.33. The highest BCUT2D eigenvalue weighted by Crippen LogP contribution is 2.39. The molecule has 66 valence electrons. The van der Waals surface area contributed by atoms with Crippen molar-refractivity contribution in [1.29, 1.82) is 5.26 Å². The van der Waals surface area contributed by atoms with Crippen LogP contribution in [0.1, 0.15) is 30.0 Å². The van der Waals surface area contributed by atoms with Crippen LogP contribution in [-0.2, 0) is 0 Å². The highest BCUT2D eigenvalue weighted by Gasteiger charge is 2.25. The van der Waals surface area contributed by atoms with E-state index in [0.717, 1.165) is 18.5 Å². The summed E-state index contributed by atoms with van der Waals surface area (Å²) < 4.78 is 0. The van der Waals surface area contributed by atoms with Crippen LogP contribution in [0.4, 0.5) is 5.69 Å². The molecule has 1 aromatic heterocycles. The number of H-pyrrole nitrogens is 1. The Balaban J connectivity index is 2.56. The summed E-state index contributed by atoms with van der Waals surface area (Å²) in [6.45, 7) is 0. The number of rotatable bonds is 1. The molecule has 0 bridgehead atoms. The molecule has 4 nitrogen and oxygen atoms in total. The van der Waals surface area contributed by atoms with Gasteiger partial charge in [-0.1, -0.05) is 0 Å². The lowest BCUT2D eigenvalue weighted by Crippen LogP contribution is -2.14. The van der Waals surface area contributed by atoms with E-state index < -0.39 is 0 Å². The van der Waals surface area contributed by atoms with E-state index in [0.29, 0.717) is 5.92 Å². The molecule has 1 saturated carbocycles. The number of nitrogens with two attached hydrogens (primary N) is 1. The number of aromatic nitrogens is 1. The van der Waals surface area contributed by atoms with E-state index in [-0.39, 0.29) is 16.8 Å². The number of nitrogens with zero attached hydrogens (tertiary/aromatic N) is 1. The molecule has 0 unspecified atom stereocenters. The minimum Gasteiger partial charge on any atom is -0.397 e. The molecule has 0 amide bonds. The van der Waals surface area contributed by atoms with Crippen molar-refractivity contribution in [2.45, 2.75) is 18.8 Å². The average molecular weight is 175 g/mol. The molecular formula is C9H9N3O. The number of nitrogen functional groups attached to an aromatic ring is 1. The molecule has 0 spiro atoms. The van der Waals surface area contributed by atoms with Gasteiger partial charge in [0, 0.05) is 5.69 Å². The first-order valence-electron chi connectivity index (χ1n) is 4.15. The van der Waals surface area contributed by atoms with Gasteiger partial charge in [-0.3, -0.25) is 4.79 Å². The van der Waals surface area contributed by atoms with Gasteiger partial charge in [0.05, 0.1) is 5.69 Å². The molecule has 0 radical (unpaired) electrons. The van der Waals surface area contributed by atoms with Crippen molar-refractivity contribution in [3.63, 3.8) is 0 Å². The van der Waals surface area contributed by atoms with Gasteiger partial charge >= 0.3 is 0 Å². The molecule has 1 heterocycles. The molecule has 1 aliphatic rings. The Hall–Kier alpha value is -1.76. The van der Waals surface area contributed by atoms with Gasteiger partial charge in [-0.2, -0.15) is 5.26 Å². The minimum absolute atomic E-state index is 0.0180.